The lowest BCUT2D eigenvalue weighted by molar-refractivity contribution is 0.0645. The van der Waals surface area contributed by atoms with E-state index >= 15 is 0 Å². The second kappa shape index (κ2) is 7.21. The first kappa shape index (κ1) is 16.1. The summed E-state index contributed by atoms with van der Waals surface area (Å²) in [6, 6.07) is 10.3. The van der Waals surface area contributed by atoms with Gasteiger partial charge in [-0.25, -0.2) is 4.98 Å². The molecule has 3 aromatic rings. The van der Waals surface area contributed by atoms with Crippen LogP contribution in [0.5, 0.6) is 0 Å². The fourth-order valence-corrected chi connectivity index (χ4v) is 3.73. The minimum absolute atomic E-state index is 0.0374. The van der Waals surface area contributed by atoms with E-state index in [2.05, 4.69) is 34.2 Å². The van der Waals surface area contributed by atoms with Crippen molar-refractivity contribution >= 4 is 28.3 Å². The van der Waals surface area contributed by atoms with Crippen molar-refractivity contribution in [3.05, 3.63) is 65.4 Å². The summed E-state index contributed by atoms with van der Waals surface area (Å²) in [5.74, 6) is 0.0374. The number of amides is 1. The summed E-state index contributed by atoms with van der Waals surface area (Å²) < 4.78 is 1.91. The lowest BCUT2D eigenvalue weighted by Crippen LogP contribution is -2.48. The van der Waals surface area contributed by atoms with Crippen molar-refractivity contribution in [1.29, 1.82) is 0 Å². The summed E-state index contributed by atoms with van der Waals surface area (Å²) >= 11 is 1.55. The SMILES string of the molecule is O=C(c1cn2ccsc2n1)N1CCN(CC=Cc2ccccc2)CC1. The number of benzene rings is 1. The van der Waals surface area contributed by atoms with Gasteiger partial charge in [0.1, 0.15) is 5.69 Å². The van der Waals surface area contributed by atoms with Crippen molar-refractivity contribution in [3.63, 3.8) is 0 Å². The Morgan fingerprint density at radius 2 is 1.96 bits per heavy atom. The maximum atomic E-state index is 12.6. The molecule has 0 saturated carbocycles. The lowest BCUT2D eigenvalue weighted by Gasteiger charge is -2.33. The maximum absolute atomic E-state index is 12.6. The molecule has 0 N–H and O–H groups in total. The van der Waals surface area contributed by atoms with Gasteiger partial charge in [-0.05, 0) is 5.56 Å². The zero-order chi connectivity index (χ0) is 17.1. The number of nitrogens with zero attached hydrogens (tertiary/aromatic N) is 4. The van der Waals surface area contributed by atoms with Crippen molar-refractivity contribution in [1.82, 2.24) is 19.2 Å². The van der Waals surface area contributed by atoms with Gasteiger partial charge in [0.05, 0.1) is 0 Å². The van der Waals surface area contributed by atoms with Crippen LogP contribution in [0.15, 0.2) is 54.2 Å². The number of hydrogen-bond donors (Lipinski definition) is 0. The highest BCUT2D eigenvalue weighted by molar-refractivity contribution is 7.15. The molecule has 0 radical (unpaired) electrons. The Kier molecular flexibility index (Phi) is 4.63. The van der Waals surface area contributed by atoms with Crippen molar-refractivity contribution < 1.29 is 4.79 Å². The molecule has 0 unspecified atom stereocenters. The van der Waals surface area contributed by atoms with Crippen LogP contribution in [0.25, 0.3) is 11.0 Å². The van der Waals surface area contributed by atoms with E-state index in [1.165, 1.54) is 5.56 Å². The Hall–Kier alpha value is -2.44. The zero-order valence-electron chi connectivity index (χ0n) is 13.9. The number of carbonyl (C=O) groups is 1. The first-order chi connectivity index (χ1) is 12.3. The van der Waals surface area contributed by atoms with Gasteiger partial charge in [-0.2, -0.15) is 0 Å². The van der Waals surface area contributed by atoms with Gasteiger partial charge in [0.2, 0.25) is 0 Å². The number of aromatic nitrogens is 2. The van der Waals surface area contributed by atoms with Crippen molar-refractivity contribution in [2.75, 3.05) is 32.7 Å². The van der Waals surface area contributed by atoms with Gasteiger partial charge < -0.3 is 4.90 Å². The minimum Gasteiger partial charge on any atom is -0.335 e. The Balaban J connectivity index is 1.30. The Bertz CT molecular complexity index is 847. The second-order valence-corrected chi connectivity index (χ2v) is 7.00. The maximum Gasteiger partial charge on any atom is 0.274 e. The summed E-state index contributed by atoms with van der Waals surface area (Å²) in [5, 5.41) is 1.97. The number of hydrogen-bond acceptors (Lipinski definition) is 4. The van der Waals surface area contributed by atoms with Crippen LogP contribution in [0.3, 0.4) is 0 Å². The third-order valence-corrected chi connectivity index (χ3v) is 5.22. The van der Waals surface area contributed by atoms with E-state index in [-0.39, 0.29) is 5.91 Å². The van der Waals surface area contributed by atoms with Gasteiger partial charge in [-0.3, -0.25) is 14.1 Å². The highest BCUT2D eigenvalue weighted by Crippen LogP contribution is 2.14. The van der Waals surface area contributed by atoms with Crippen LogP contribution in [0.1, 0.15) is 16.1 Å². The van der Waals surface area contributed by atoms with Gasteiger partial charge in [0, 0.05) is 50.5 Å². The highest BCUT2D eigenvalue weighted by atomic mass is 32.1. The van der Waals surface area contributed by atoms with E-state index in [0.29, 0.717) is 5.69 Å². The molecule has 0 atom stereocenters. The molecule has 1 fully saturated rings. The predicted molar refractivity (Wildman–Crippen MR) is 101 cm³/mol. The van der Waals surface area contributed by atoms with E-state index in [4.69, 9.17) is 0 Å². The summed E-state index contributed by atoms with van der Waals surface area (Å²) in [4.78, 5) is 22.2. The van der Waals surface area contributed by atoms with Gasteiger partial charge in [0.15, 0.2) is 4.96 Å². The smallest absolute Gasteiger partial charge is 0.274 e. The van der Waals surface area contributed by atoms with Crippen LogP contribution in [-0.4, -0.2) is 57.8 Å². The highest BCUT2D eigenvalue weighted by Gasteiger charge is 2.23. The molecule has 1 amide bonds. The standard InChI is InChI=1S/C19H20N4OS/c24-18(17-15-23-13-14-25-19(23)20-17)22-11-9-21(10-12-22)8-4-7-16-5-2-1-3-6-16/h1-7,13-15H,8-12H2. The molecule has 0 aliphatic carbocycles. The van der Waals surface area contributed by atoms with E-state index < -0.39 is 0 Å². The van der Waals surface area contributed by atoms with Gasteiger partial charge >= 0.3 is 0 Å². The molecule has 1 aliphatic rings. The van der Waals surface area contributed by atoms with Crippen molar-refractivity contribution in [2.24, 2.45) is 0 Å². The lowest BCUT2D eigenvalue weighted by atomic mass is 10.2. The zero-order valence-corrected chi connectivity index (χ0v) is 14.7. The normalized spacial score (nSPS) is 16.1. The molecule has 3 heterocycles. The predicted octanol–water partition coefficient (Wildman–Crippen LogP) is 2.87. The molecule has 1 saturated heterocycles. The fraction of sp³-hybridized carbons (Fsp3) is 0.263. The summed E-state index contributed by atoms with van der Waals surface area (Å²) in [6.07, 6.45) is 8.09. The molecular formula is C19H20N4OS. The number of carbonyl (C=O) groups excluding carboxylic acids is 1. The molecular weight excluding hydrogens is 332 g/mol. The Morgan fingerprint density at radius 3 is 2.72 bits per heavy atom. The molecule has 25 heavy (non-hydrogen) atoms. The molecule has 4 rings (SSSR count). The summed E-state index contributed by atoms with van der Waals surface area (Å²) in [7, 11) is 0. The molecule has 5 nitrogen and oxygen atoms in total. The first-order valence-corrected chi connectivity index (χ1v) is 9.33. The van der Waals surface area contributed by atoms with Crippen LogP contribution in [-0.2, 0) is 0 Å². The molecule has 0 bridgehead atoms. The van der Waals surface area contributed by atoms with Crippen molar-refractivity contribution in [2.45, 2.75) is 0 Å². The van der Waals surface area contributed by atoms with Gasteiger partial charge in [-0.15, -0.1) is 11.3 Å². The van der Waals surface area contributed by atoms with Gasteiger partial charge in [-0.1, -0.05) is 42.5 Å². The second-order valence-electron chi connectivity index (χ2n) is 6.12. The molecule has 1 aliphatic heterocycles. The van der Waals surface area contributed by atoms with E-state index in [1.807, 2.05) is 45.3 Å². The molecule has 2 aromatic heterocycles. The quantitative estimate of drug-likeness (QED) is 0.725. The van der Waals surface area contributed by atoms with Crippen LogP contribution < -0.4 is 0 Å². The monoisotopic (exact) mass is 352 g/mol. The Labute approximate surface area is 150 Å². The van der Waals surface area contributed by atoms with Crippen LogP contribution in [0.2, 0.25) is 0 Å². The number of thiazole rings is 1. The van der Waals surface area contributed by atoms with E-state index in [9.17, 15) is 4.79 Å². The summed E-state index contributed by atoms with van der Waals surface area (Å²) in [5.41, 5.74) is 1.76. The molecule has 0 spiro atoms. The average molecular weight is 352 g/mol. The van der Waals surface area contributed by atoms with E-state index in [1.54, 1.807) is 11.3 Å². The fourth-order valence-electron chi connectivity index (χ4n) is 3.03. The third-order valence-electron chi connectivity index (χ3n) is 4.45. The number of piperazine rings is 1. The molecule has 128 valence electrons. The largest absolute Gasteiger partial charge is 0.335 e. The topological polar surface area (TPSA) is 40.9 Å². The summed E-state index contributed by atoms with van der Waals surface area (Å²) in [6.45, 7) is 4.21. The number of rotatable bonds is 4. The van der Waals surface area contributed by atoms with Crippen LogP contribution in [0, 0.1) is 0 Å². The molecule has 6 heteroatoms. The van der Waals surface area contributed by atoms with Crippen LogP contribution in [0.4, 0.5) is 0 Å². The first-order valence-electron chi connectivity index (χ1n) is 8.45. The van der Waals surface area contributed by atoms with Gasteiger partial charge in [0.25, 0.3) is 5.91 Å². The average Bonchev–Trinajstić information content (AvgIpc) is 3.25. The van der Waals surface area contributed by atoms with Crippen LogP contribution >= 0.6 is 11.3 Å². The Morgan fingerprint density at radius 1 is 1.16 bits per heavy atom. The van der Waals surface area contributed by atoms with E-state index in [0.717, 1.165) is 37.7 Å². The third kappa shape index (κ3) is 3.65. The number of fused-ring (bicyclic) bond motifs is 1. The minimum atomic E-state index is 0.0374. The van der Waals surface area contributed by atoms with Crippen molar-refractivity contribution in [3.8, 4) is 0 Å². The number of imidazole rings is 1. The molecule has 1 aromatic carbocycles.